The van der Waals surface area contributed by atoms with Gasteiger partial charge in [0.25, 0.3) is 5.91 Å². The lowest BCUT2D eigenvalue weighted by Gasteiger charge is -2.30. The molecular formula is C13H16BrClN2O. The summed E-state index contributed by atoms with van der Waals surface area (Å²) in [4.78, 5) is 14.4. The molecule has 0 aromatic heterocycles. The summed E-state index contributed by atoms with van der Waals surface area (Å²) in [6.07, 6.45) is 2.17. The van der Waals surface area contributed by atoms with Crippen LogP contribution in [-0.2, 0) is 0 Å². The molecule has 1 unspecified atom stereocenters. The lowest BCUT2D eigenvalue weighted by molar-refractivity contribution is 0.0912. The van der Waals surface area contributed by atoms with E-state index in [-0.39, 0.29) is 11.9 Å². The number of piperidine rings is 1. The van der Waals surface area contributed by atoms with Gasteiger partial charge in [-0.05, 0) is 60.6 Å². The van der Waals surface area contributed by atoms with Crippen molar-refractivity contribution in [2.75, 3.05) is 20.1 Å². The molecule has 0 saturated carbocycles. The lowest BCUT2D eigenvalue weighted by Crippen LogP contribution is -2.46. The lowest BCUT2D eigenvalue weighted by atomic mass is 10.1. The van der Waals surface area contributed by atoms with Crippen molar-refractivity contribution in [3.8, 4) is 0 Å². The molecule has 1 saturated heterocycles. The number of hydrogen-bond donors (Lipinski definition) is 1. The fourth-order valence-corrected chi connectivity index (χ4v) is 3.08. The van der Waals surface area contributed by atoms with Crippen LogP contribution < -0.4 is 5.32 Å². The average molecular weight is 332 g/mol. The maximum absolute atomic E-state index is 12.1. The minimum absolute atomic E-state index is 0.0427. The quantitative estimate of drug-likeness (QED) is 0.904. The number of benzene rings is 1. The first-order valence-electron chi connectivity index (χ1n) is 6.00. The second-order valence-electron chi connectivity index (χ2n) is 4.70. The summed E-state index contributed by atoms with van der Waals surface area (Å²) in [7, 11) is 2.08. The van der Waals surface area contributed by atoms with Gasteiger partial charge in [0.2, 0.25) is 0 Å². The van der Waals surface area contributed by atoms with E-state index in [4.69, 9.17) is 11.6 Å². The number of hydrogen-bond acceptors (Lipinski definition) is 2. The van der Waals surface area contributed by atoms with Crippen LogP contribution in [0.1, 0.15) is 23.2 Å². The third kappa shape index (κ3) is 3.46. The van der Waals surface area contributed by atoms with Crippen molar-refractivity contribution in [1.29, 1.82) is 0 Å². The maximum Gasteiger partial charge on any atom is 0.252 e. The van der Waals surface area contributed by atoms with Crippen molar-refractivity contribution in [1.82, 2.24) is 10.2 Å². The highest BCUT2D eigenvalue weighted by Gasteiger charge is 2.20. The van der Waals surface area contributed by atoms with Crippen molar-refractivity contribution < 1.29 is 4.79 Å². The Hall–Kier alpha value is -0.580. The molecule has 0 bridgehead atoms. The average Bonchev–Trinajstić information content (AvgIpc) is 2.28. The third-order valence-corrected chi connectivity index (χ3v) is 4.03. The van der Waals surface area contributed by atoms with Crippen LogP contribution >= 0.6 is 27.5 Å². The molecule has 1 heterocycles. The Labute approximate surface area is 121 Å². The molecule has 1 atom stereocenters. The number of halogens is 2. The van der Waals surface area contributed by atoms with Gasteiger partial charge in [-0.2, -0.15) is 0 Å². The Morgan fingerprint density at radius 2 is 2.33 bits per heavy atom. The van der Waals surface area contributed by atoms with E-state index in [9.17, 15) is 4.79 Å². The van der Waals surface area contributed by atoms with E-state index >= 15 is 0 Å². The number of rotatable bonds is 2. The molecule has 1 aliphatic heterocycles. The van der Waals surface area contributed by atoms with Gasteiger partial charge in [0.15, 0.2) is 0 Å². The van der Waals surface area contributed by atoms with Crippen molar-refractivity contribution in [2.45, 2.75) is 18.9 Å². The number of nitrogens with zero attached hydrogens (tertiary/aromatic N) is 1. The van der Waals surface area contributed by atoms with Crippen molar-refractivity contribution >= 4 is 33.4 Å². The number of likely N-dealkylation sites (N-methyl/N-ethyl adjacent to an activating group) is 1. The molecule has 0 spiro atoms. The molecule has 1 aromatic rings. The summed E-state index contributed by atoms with van der Waals surface area (Å²) >= 11 is 9.23. The standard InChI is InChI=1S/C13H16BrClN2O/c1-17-6-2-3-10(8-17)16-13(18)11-5-4-9(15)7-12(11)14/h4-5,7,10H,2-3,6,8H2,1H3,(H,16,18). The van der Waals surface area contributed by atoms with Gasteiger partial charge >= 0.3 is 0 Å². The van der Waals surface area contributed by atoms with Crippen LogP contribution in [0.15, 0.2) is 22.7 Å². The number of amides is 1. The summed E-state index contributed by atoms with van der Waals surface area (Å²) in [5.41, 5.74) is 0.632. The zero-order valence-electron chi connectivity index (χ0n) is 10.2. The van der Waals surface area contributed by atoms with E-state index in [0.29, 0.717) is 10.6 Å². The zero-order valence-corrected chi connectivity index (χ0v) is 12.6. The van der Waals surface area contributed by atoms with Gasteiger partial charge in [-0.3, -0.25) is 4.79 Å². The fourth-order valence-electron chi connectivity index (χ4n) is 2.22. The Balaban J connectivity index is 2.03. The topological polar surface area (TPSA) is 32.3 Å². The van der Waals surface area contributed by atoms with Gasteiger partial charge in [-0.1, -0.05) is 11.6 Å². The molecule has 3 nitrogen and oxygen atoms in total. The summed E-state index contributed by atoms with van der Waals surface area (Å²) in [6.45, 7) is 2.02. The molecule has 1 aromatic carbocycles. The first-order chi connectivity index (χ1) is 8.56. The Kier molecular flexibility index (Phi) is 4.65. The van der Waals surface area contributed by atoms with Crippen molar-refractivity contribution in [2.24, 2.45) is 0 Å². The molecule has 0 aliphatic carbocycles. The highest BCUT2D eigenvalue weighted by atomic mass is 79.9. The third-order valence-electron chi connectivity index (χ3n) is 3.14. The van der Waals surface area contributed by atoms with Crippen LogP contribution in [0.5, 0.6) is 0 Å². The molecule has 1 fully saturated rings. The molecular weight excluding hydrogens is 316 g/mol. The van der Waals surface area contributed by atoms with Gasteiger partial charge in [-0.25, -0.2) is 0 Å². The van der Waals surface area contributed by atoms with E-state index in [1.54, 1.807) is 18.2 Å². The smallest absolute Gasteiger partial charge is 0.252 e. The Bertz CT molecular complexity index is 453. The number of carbonyl (C=O) groups excluding carboxylic acids is 1. The SMILES string of the molecule is CN1CCCC(NC(=O)c2ccc(Cl)cc2Br)C1. The summed E-state index contributed by atoms with van der Waals surface area (Å²) in [5.74, 6) is -0.0427. The highest BCUT2D eigenvalue weighted by molar-refractivity contribution is 9.10. The van der Waals surface area contributed by atoms with Gasteiger partial charge in [-0.15, -0.1) is 0 Å². The van der Waals surface area contributed by atoms with Gasteiger partial charge in [0.05, 0.1) is 5.56 Å². The van der Waals surface area contributed by atoms with Crippen LogP contribution in [0.2, 0.25) is 5.02 Å². The summed E-state index contributed by atoms with van der Waals surface area (Å²) < 4.78 is 0.733. The van der Waals surface area contributed by atoms with E-state index in [1.807, 2.05) is 0 Å². The first-order valence-corrected chi connectivity index (χ1v) is 7.18. The second-order valence-corrected chi connectivity index (χ2v) is 5.99. The first kappa shape index (κ1) is 13.8. The minimum atomic E-state index is -0.0427. The highest BCUT2D eigenvalue weighted by Crippen LogP contribution is 2.22. The Morgan fingerprint density at radius 3 is 3.00 bits per heavy atom. The molecule has 18 heavy (non-hydrogen) atoms. The molecule has 2 rings (SSSR count). The van der Waals surface area contributed by atoms with Crippen molar-refractivity contribution in [3.05, 3.63) is 33.3 Å². The van der Waals surface area contributed by atoms with Crippen LogP contribution in [0.25, 0.3) is 0 Å². The summed E-state index contributed by atoms with van der Waals surface area (Å²) in [5, 5.41) is 3.69. The van der Waals surface area contributed by atoms with Crippen LogP contribution in [-0.4, -0.2) is 37.0 Å². The van der Waals surface area contributed by atoms with Crippen molar-refractivity contribution in [3.63, 3.8) is 0 Å². The second kappa shape index (κ2) is 6.04. The maximum atomic E-state index is 12.1. The van der Waals surface area contributed by atoms with E-state index in [0.717, 1.165) is 30.4 Å². The molecule has 1 amide bonds. The van der Waals surface area contributed by atoms with Crippen LogP contribution in [0, 0.1) is 0 Å². The zero-order chi connectivity index (χ0) is 13.1. The number of likely N-dealkylation sites (tertiary alicyclic amines) is 1. The molecule has 1 aliphatic rings. The Morgan fingerprint density at radius 1 is 1.56 bits per heavy atom. The molecule has 98 valence electrons. The van der Waals surface area contributed by atoms with Gasteiger partial charge in [0, 0.05) is 22.1 Å². The van der Waals surface area contributed by atoms with Crippen LogP contribution in [0.3, 0.4) is 0 Å². The fraction of sp³-hybridized carbons (Fsp3) is 0.462. The predicted molar refractivity (Wildman–Crippen MR) is 77.1 cm³/mol. The van der Waals surface area contributed by atoms with E-state index in [1.165, 1.54) is 0 Å². The van der Waals surface area contributed by atoms with E-state index in [2.05, 4.69) is 33.2 Å². The van der Waals surface area contributed by atoms with E-state index < -0.39 is 0 Å². The van der Waals surface area contributed by atoms with Crippen LogP contribution in [0.4, 0.5) is 0 Å². The van der Waals surface area contributed by atoms with Gasteiger partial charge < -0.3 is 10.2 Å². The molecule has 5 heteroatoms. The normalized spacial score (nSPS) is 20.7. The number of nitrogens with one attached hydrogen (secondary N) is 1. The molecule has 0 radical (unpaired) electrons. The predicted octanol–water partition coefficient (Wildman–Crippen LogP) is 2.93. The minimum Gasteiger partial charge on any atom is -0.348 e. The van der Waals surface area contributed by atoms with Gasteiger partial charge in [0.1, 0.15) is 0 Å². The summed E-state index contributed by atoms with van der Waals surface area (Å²) in [6, 6.07) is 5.45. The molecule has 1 N–H and O–H groups in total. The number of carbonyl (C=O) groups is 1. The largest absolute Gasteiger partial charge is 0.348 e. The monoisotopic (exact) mass is 330 g/mol.